The maximum Gasteiger partial charge on any atom is 0.163 e. The van der Waals surface area contributed by atoms with E-state index in [1.807, 2.05) is 24.3 Å². The molecule has 3 rings (SSSR count). The Labute approximate surface area is 122 Å². The lowest BCUT2D eigenvalue weighted by atomic mass is 9.87. The van der Waals surface area contributed by atoms with Gasteiger partial charge in [0.15, 0.2) is 5.78 Å². The van der Waals surface area contributed by atoms with Crippen molar-refractivity contribution >= 4 is 11.5 Å². The summed E-state index contributed by atoms with van der Waals surface area (Å²) < 4.78 is 19.0. The van der Waals surface area contributed by atoms with E-state index < -0.39 is 5.82 Å². The first-order valence-electron chi connectivity index (χ1n) is 6.95. The van der Waals surface area contributed by atoms with Gasteiger partial charge in [0.05, 0.1) is 12.3 Å². The minimum Gasteiger partial charge on any atom is -0.493 e. The zero-order valence-electron chi connectivity index (χ0n) is 11.5. The molecule has 1 aliphatic heterocycles. The number of carbonyl (C=O) groups is 1. The van der Waals surface area contributed by atoms with Gasteiger partial charge in [0.1, 0.15) is 11.6 Å². The van der Waals surface area contributed by atoms with Gasteiger partial charge >= 0.3 is 0 Å². The standard InChI is InChI=1S/C17H16FNO2/c18-14-9-12(5-6-15(14)19)16(20)10-11-7-8-21-17-4-2-1-3-13(11)17/h1-6,9,11H,7-8,10,19H2. The van der Waals surface area contributed by atoms with Crippen LogP contribution in [0.2, 0.25) is 0 Å². The quantitative estimate of drug-likeness (QED) is 0.693. The molecule has 4 heteroatoms. The number of ketones is 1. The van der Waals surface area contributed by atoms with Crippen molar-refractivity contribution in [2.75, 3.05) is 12.3 Å². The Kier molecular flexibility index (Phi) is 3.60. The van der Waals surface area contributed by atoms with Gasteiger partial charge in [-0.2, -0.15) is 0 Å². The van der Waals surface area contributed by atoms with Crippen molar-refractivity contribution in [1.29, 1.82) is 0 Å². The Bertz CT molecular complexity index is 684. The molecule has 3 nitrogen and oxygen atoms in total. The molecular formula is C17H16FNO2. The van der Waals surface area contributed by atoms with Gasteiger partial charge in [-0.05, 0) is 42.2 Å². The van der Waals surface area contributed by atoms with Crippen LogP contribution in [-0.2, 0) is 0 Å². The fourth-order valence-corrected chi connectivity index (χ4v) is 2.67. The zero-order valence-corrected chi connectivity index (χ0v) is 11.5. The number of benzene rings is 2. The molecule has 2 N–H and O–H groups in total. The van der Waals surface area contributed by atoms with Crippen LogP contribution in [0.1, 0.15) is 34.7 Å². The topological polar surface area (TPSA) is 52.3 Å². The number of hydrogen-bond donors (Lipinski definition) is 1. The molecule has 0 radical (unpaired) electrons. The number of nitrogen functional groups attached to an aromatic ring is 1. The number of Topliss-reactive ketones (excluding diaryl/α,β-unsaturated/α-hetero) is 1. The van der Waals surface area contributed by atoms with Gasteiger partial charge in [-0.3, -0.25) is 4.79 Å². The van der Waals surface area contributed by atoms with E-state index in [-0.39, 0.29) is 17.4 Å². The third-order valence-electron chi connectivity index (χ3n) is 3.84. The highest BCUT2D eigenvalue weighted by molar-refractivity contribution is 5.97. The molecule has 0 aromatic heterocycles. The predicted molar refractivity (Wildman–Crippen MR) is 79.1 cm³/mol. The Morgan fingerprint density at radius 3 is 2.90 bits per heavy atom. The Morgan fingerprint density at radius 1 is 1.29 bits per heavy atom. The molecule has 21 heavy (non-hydrogen) atoms. The number of halogens is 1. The molecule has 0 fully saturated rings. The summed E-state index contributed by atoms with van der Waals surface area (Å²) in [5, 5.41) is 0. The average molecular weight is 285 g/mol. The zero-order chi connectivity index (χ0) is 14.8. The molecule has 0 aliphatic carbocycles. The fourth-order valence-electron chi connectivity index (χ4n) is 2.67. The fraction of sp³-hybridized carbons (Fsp3) is 0.235. The summed E-state index contributed by atoms with van der Waals surface area (Å²) in [7, 11) is 0. The molecule has 2 aromatic rings. The number of carbonyl (C=O) groups excluding carboxylic acids is 1. The van der Waals surface area contributed by atoms with Crippen LogP contribution in [0.3, 0.4) is 0 Å². The first-order chi connectivity index (χ1) is 10.1. The van der Waals surface area contributed by atoms with Crippen molar-refractivity contribution in [3.8, 4) is 5.75 Å². The molecule has 1 atom stereocenters. The minimum absolute atomic E-state index is 0.0583. The van der Waals surface area contributed by atoms with Crippen molar-refractivity contribution in [2.24, 2.45) is 0 Å². The SMILES string of the molecule is Nc1ccc(C(=O)CC2CCOc3ccccc32)cc1F. The van der Waals surface area contributed by atoms with Crippen LogP contribution >= 0.6 is 0 Å². The van der Waals surface area contributed by atoms with E-state index in [0.29, 0.717) is 18.6 Å². The van der Waals surface area contributed by atoms with Crippen molar-refractivity contribution in [1.82, 2.24) is 0 Å². The van der Waals surface area contributed by atoms with Gasteiger partial charge in [-0.1, -0.05) is 18.2 Å². The summed E-state index contributed by atoms with van der Waals surface area (Å²) in [5.41, 5.74) is 6.91. The number of hydrogen-bond acceptors (Lipinski definition) is 3. The molecule has 2 aromatic carbocycles. The number of nitrogens with two attached hydrogens (primary N) is 1. The van der Waals surface area contributed by atoms with Crippen LogP contribution in [0.15, 0.2) is 42.5 Å². The Morgan fingerprint density at radius 2 is 2.10 bits per heavy atom. The number of ether oxygens (including phenoxy) is 1. The van der Waals surface area contributed by atoms with E-state index in [9.17, 15) is 9.18 Å². The lowest BCUT2D eigenvalue weighted by Crippen LogP contribution is -2.17. The van der Waals surface area contributed by atoms with Gasteiger partial charge in [0.25, 0.3) is 0 Å². The van der Waals surface area contributed by atoms with E-state index in [2.05, 4.69) is 0 Å². The van der Waals surface area contributed by atoms with Crippen molar-refractivity contribution in [3.05, 3.63) is 59.4 Å². The number of anilines is 1. The van der Waals surface area contributed by atoms with Gasteiger partial charge in [0, 0.05) is 12.0 Å². The summed E-state index contributed by atoms with van der Waals surface area (Å²) in [4.78, 5) is 12.3. The van der Waals surface area contributed by atoms with Gasteiger partial charge in [-0.25, -0.2) is 4.39 Å². The second-order valence-electron chi connectivity index (χ2n) is 5.24. The third kappa shape index (κ3) is 2.75. The molecule has 1 unspecified atom stereocenters. The largest absolute Gasteiger partial charge is 0.493 e. The molecule has 108 valence electrons. The van der Waals surface area contributed by atoms with E-state index >= 15 is 0 Å². The van der Waals surface area contributed by atoms with Gasteiger partial charge in [0.2, 0.25) is 0 Å². The molecule has 0 bridgehead atoms. The number of para-hydroxylation sites is 1. The van der Waals surface area contributed by atoms with Crippen LogP contribution in [0.5, 0.6) is 5.75 Å². The average Bonchev–Trinajstić information content (AvgIpc) is 2.50. The van der Waals surface area contributed by atoms with Gasteiger partial charge in [-0.15, -0.1) is 0 Å². The first kappa shape index (κ1) is 13.6. The highest BCUT2D eigenvalue weighted by atomic mass is 19.1. The highest BCUT2D eigenvalue weighted by Crippen LogP contribution is 2.36. The van der Waals surface area contributed by atoms with Crippen LogP contribution in [-0.4, -0.2) is 12.4 Å². The lowest BCUT2D eigenvalue weighted by molar-refractivity contribution is 0.0965. The van der Waals surface area contributed by atoms with Gasteiger partial charge < -0.3 is 10.5 Å². The van der Waals surface area contributed by atoms with E-state index in [4.69, 9.17) is 10.5 Å². The molecular weight excluding hydrogens is 269 g/mol. The molecule has 0 spiro atoms. The van der Waals surface area contributed by atoms with Crippen LogP contribution in [0.25, 0.3) is 0 Å². The Balaban J connectivity index is 1.81. The number of fused-ring (bicyclic) bond motifs is 1. The second kappa shape index (κ2) is 5.56. The first-order valence-corrected chi connectivity index (χ1v) is 6.95. The molecule has 0 saturated heterocycles. The summed E-state index contributed by atoms with van der Waals surface area (Å²) >= 11 is 0. The molecule has 0 amide bonds. The minimum atomic E-state index is -0.548. The smallest absolute Gasteiger partial charge is 0.163 e. The lowest BCUT2D eigenvalue weighted by Gasteiger charge is -2.25. The van der Waals surface area contributed by atoms with Crippen molar-refractivity contribution in [3.63, 3.8) is 0 Å². The van der Waals surface area contributed by atoms with E-state index in [0.717, 1.165) is 17.7 Å². The second-order valence-corrected chi connectivity index (χ2v) is 5.24. The highest BCUT2D eigenvalue weighted by Gasteiger charge is 2.24. The summed E-state index contributed by atoms with van der Waals surface area (Å²) in [6, 6.07) is 12.0. The summed E-state index contributed by atoms with van der Waals surface area (Å²) in [6.45, 7) is 0.602. The van der Waals surface area contributed by atoms with Crippen LogP contribution < -0.4 is 10.5 Å². The molecule has 1 heterocycles. The summed E-state index contributed by atoms with van der Waals surface area (Å²) in [5.74, 6) is 0.330. The van der Waals surface area contributed by atoms with Crippen LogP contribution in [0.4, 0.5) is 10.1 Å². The molecule has 1 aliphatic rings. The normalized spacial score (nSPS) is 16.9. The maximum absolute atomic E-state index is 13.5. The third-order valence-corrected chi connectivity index (χ3v) is 3.84. The summed E-state index contributed by atoms with van der Waals surface area (Å²) in [6.07, 6.45) is 1.14. The Hall–Kier alpha value is -2.36. The van der Waals surface area contributed by atoms with Crippen molar-refractivity contribution in [2.45, 2.75) is 18.8 Å². The maximum atomic E-state index is 13.5. The van der Waals surface area contributed by atoms with Crippen molar-refractivity contribution < 1.29 is 13.9 Å². The number of rotatable bonds is 3. The van der Waals surface area contributed by atoms with E-state index in [1.54, 1.807) is 6.07 Å². The van der Waals surface area contributed by atoms with E-state index in [1.165, 1.54) is 12.1 Å². The van der Waals surface area contributed by atoms with Crippen LogP contribution in [0, 0.1) is 5.82 Å². The monoisotopic (exact) mass is 285 g/mol. The molecule has 0 saturated carbocycles. The predicted octanol–water partition coefficient (Wildman–Crippen LogP) is 3.55.